The molecule has 0 unspecified atom stereocenters. The molecule has 0 radical (unpaired) electrons. The Morgan fingerprint density at radius 2 is 1.80 bits per heavy atom. The van der Waals surface area contributed by atoms with Crippen molar-refractivity contribution in [3.63, 3.8) is 0 Å². The molecule has 0 saturated heterocycles. The Balaban J connectivity index is 2.62. The molecule has 0 N–H and O–H groups in total. The number of carbonyl (C=O) groups excluding carboxylic acids is 1. The van der Waals surface area contributed by atoms with Crippen LogP contribution in [0.4, 0.5) is 0 Å². The van der Waals surface area contributed by atoms with Gasteiger partial charge in [0, 0.05) is 11.5 Å². The Kier molecular flexibility index (Phi) is 2.39. The Labute approximate surface area is 89.0 Å². The van der Waals surface area contributed by atoms with Crippen LogP contribution in [0.5, 0.6) is 11.5 Å². The molecule has 2 rings (SSSR count). The highest BCUT2D eigenvalue weighted by Gasteiger charge is 2.32. The number of ether oxygens (including phenoxy) is 2. The maximum Gasteiger partial charge on any atom is 0.170 e. The van der Waals surface area contributed by atoms with Crippen molar-refractivity contribution in [3.8, 4) is 11.5 Å². The van der Waals surface area contributed by atoms with E-state index in [1.165, 1.54) is 0 Å². The molecule has 0 heterocycles. The standard InChI is InChI=1S/C12H14O3/c1-7-6-8-9(14-2)4-5-10(15-3)11(8)12(7)13/h4-5,7H,6H2,1-3H3/t7-/m1/s1. The summed E-state index contributed by atoms with van der Waals surface area (Å²) in [6.07, 6.45) is 0.745. The van der Waals surface area contributed by atoms with Crippen molar-refractivity contribution in [3.05, 3.63) is 23.3 Å². The van der Waals surface area contributed by atoms with E-state index in [1.54, 1.807) is 20.3 Å². The Bertz CT molecular complexity index is 410. The van der Waals surface area contributed by atoms with Crippen LogP contribution in [-0.4, -0.2) is 20.0 Å². The molecular formula is C12H14O3. The minimum Gasteiger partial charge on any atom is -0.496 e. The van der Waals surface area contributed by atoms with E-state index in [0.717, 1.165) is 17.7 Å². The molecule has 1 atom stereocenters. The highest BCUT2D eigenvalue weighted by atomic mass is 16.5. The molecule has 80 valence electrons. The number of fused-ring (bicyclic) bond motifs is 1. The van der Waals surface area contributed by atoms with Crippen molar-refractivity contribution in [1.82, 2.24) is 0 Å². The lowest BCUT2D eigenvalue weighted by molar-refractivity contribution is 0.0944. The lowest BCUT2D eigenvalue weighted by Crippen LogP contribution is -2.04. The summed E-state index contributed by atoms with van der Waals surface area (Å²) in [5.74, 6) is 1.62. The summed E-state index contributed by atoms with van der Waals surface area (Å²) in [4.78, 5) is 11.9. The second kappa shape index (κ2) is 3.57. The number of carbonyl (C=O) groups is 1. The second-order valence-electron chi connectivity index (χ2n) is 3.79. The number of methoxy groups -OCH3 is 2. The lowest BCUT2D eigenvalue weighted by atomic mass is 10.1. The predicted octanol–water partition coefficient (Wildman–Crippen LogP) is 2.08. The van der Waals surface area contributed by atoms with Gasteiger partial charge in [0.2, 0.25) is 0 Å². The van der Waals surface area contributed by atoms with Crippen LogP contribution < -0.4 is 9.47 Å². The smallest absolute Gasteiger partial charge is 0.170 e. The zero-order chi connectivity index (χ0) is 11.0. The quantitative estimate of drug-likeness (QED) is 0.743. The van der Waals surface area contributed by atoms with E-state index in [0.29, 0.717) is 11.3 Å². The summed E-state index contributed by atoms with van der Waals surface area (Å²) in [6, 6.07) is 3.64. The first-order valence-electron chi connectivity index (χ1n) is 4.97. The number of benzene rings is 1. The van der Waals surface area contributed by atoms with Gasteiger partial charge >= 0.3 is 0 Å². The van der Waals surface area contributed by atoms with Gasteiger partial charge in [0.05, 0.1) is 19.8 Å². The van der Waals surface area contributed by atoms with Crippen molar-refractivity contribution in [2.45, 2.75) is 13.3 Å². The summed E-state index contributed by atoms with van der Waals surface area (Å²) in [5.41, 5.74) is 1.68. The van der Waals surface area contributed by atoms with E-state index >= 15 is 0 Å². The number of Topliss-reactive ketones (excluding diaryl/α,β-unsaturated/α-hetero) is 1. The molecule has 1 aliphatic carbocycles. The van der Waals surface area contributed by atoms with E-state index in [-0.39, 0.29) is 11.7 Å². The van der Waals surface area contributed by atoms with Crippen LogP contribution >= 0.6 is 0 Å². The minimum absolute atomic E-state index is 0.0326. The maximum atomic E-state index is 11.9. The van der Waals surface area contributed by atoms with Gasteiger partial charge in [0.15, 0.2) is 5.78 Å². The second-order valence-corrected chi connectivity index (χ2v) is 3.79. The average molecular weight is 206 g/mol. The zero-order valence-corrected chi connectivity index (χ0v) is 9.16. The monoisotopic (exact) mass is 206 g/mol. The molecular weight excluding hydrogens is 192 g/mol. The van der Waals surface area contributed by atoms with Crippen LogP contribution in [0.1, 0.15) is 22.8 Å². The predicted molar refractivity (Wildman–Crippen MR) is 56.7 cm³/mol. The molecule has 0 fully saturated rings. The molecule has 0 spiro atoms. The highest BCUT2D eigenvalue weighted by molar-refractivity contribution is 6.05. The molecule has 0 amide bonds. The van der Waals surface area contributed by atoms with Gasteiger partial charge in [-0.3, -0.25) is 4.79 Å². The van der Waals surface area contributed by atoms with Gasteiger partial charge in [-0.25, -0.2) is 0 Å². The van der Waals surface area contributed by atoms with Crippen LogP contribution in [0.3, 0.4) is 0 Å². The van der Waals surface area contributed by atoms with Crippen LogP contribution in [-0.2, 0) is 6.42 Å². The summed E-state index contributed by atoms with van der Waals surface area (Å²) < 4.78 is 10.4. The van der Waals surface area contributed by atoms with Gasteiger partial charge in [-0.05, 0) is 18.6 Å². The van der Waals surface area contributed by atoms with Crippen LogP contribution in [0.25, 0.3) is 0 Å². The lowest BCUT2D eigenvalue weighted by Gasteiger charge is -2.09. The van der Waals surface area contributed by atoms with Gasteiger partial charge < -0.3 is 9.47 Å². The first-order chi connectivity index (χ1) is 7.19. The third-order valence-corrected chi connectivity index (χ3v) is 2.88. The third-order valence-electron chi connectivity index (χ3n) is 2.88. The normalized spacial score (nSPS) is 18.9. The summed E-state index contributed by atoms with van der Waals surface area (Å²) in [6.45, 7) is 1.93. The van der Waals surface area contributed by atoms with Crippen molar-refractivity contribution in [2.75, 3.05) is 14.2 Å². The van der Waals surface area contributed by atoms with Gasteiger partial charge in [-0.15, -0.1) is 0 Å². The molecule has 1 aliphatic rings. The minimum atomic E-state index is 0.0326. The van der Waals surface area contributed by atoms with E-state index in [1.807, 2.05) is 13.0 Å². The molecule has 0 aromatic heterocycles. The van der Waals surface area contributed by atoms with Crippen molar-refractivity contribution >= 4 is 5.78 Å². The number of hydrogen-bond donors (Lipinski definition) is 0. The van der Waals surface area contributed by atoms with E-state index in [2.05, 4.69) is 0 Å². The SMILES string of the molecule is COc1ccc(OC)c2c1C[C@@H](C)C2=O. The Morgan fingerprint density at radius 3 is 2.40 bits per heavy atom. The zero-order valence-electron chi connectivity index (χ0n) is 9.16. The molecule has 1 aromatic carbocycles. The molecule has 0 aliphatic heterocycles. The summed E-state index contributed by atoms with van der Waals surface area (Å²) in [7, 11) is 3.20. The third kappa shape index (κ3) is 1.39. The van der Waals surface area contributed by atoms with Crippen molar-refractivity contribution in [1.29, 1.82) is 0 Å². The number of rotatable bonds is 2. The van der Waals surface area contributed by atoms with E-state index in [9.17, 15) is 4.79 Å². The molecule has 3 heteroatoms. The number of ketones is 1. The number of hydrogen-bond acceptors (Lipinski definition) is 3. The molecule has 1 aromatic rings. The fraction of sp³-hybridized carbons (Fsp3) is 0.417. The summed E-state index contributed by atoms with van der Waals surface area (Å²) in [5, 5.41) is 0. The van der Waals surface area contributed by atoms with E-state index < -0.39 is 0 Å². The first-order valence-corrected chi connectivity index (χ1v) is 4.97. The van der Waals surface area contributed by atoms with Gasteiger partial charge in [0.25, 0.3) is 0 Å². The van der Waals surface area contributed by atoms with Crippen LogP contribution in [0, 0.1) is 5.92 Å². The summed E-state index contributed by atoms with van der Waals surface area (Å²) >= 11 is 0. The highest BCUT2D eigenvalue weighted by Crippen LogP contribution is 2.39. The molecule has 3 nitrogen and oxygen atoms in total. The fourth-order valence-electron chi connectivity index (χ4n) is 2.09. The molecule has 0 bridgehead atoms. The Hall–Kier alpha value is -1.51. The van der Waals surface area contributed by atoms with E-state index in [4.69, 9.17) is 9.47 Å². The molecule has 0 saturated carbocycles. The maximum absolute atomic E-state index is 11.9. The van der Waals surface area contributed by atoms with Crippen molar-refractivity contribution < 1.29 is 14.3 Å². The Morgan fingerprint density at radius 1 is 1.20 bits per heavy atom. The van der Waals surface area contributed by atoms with Crippen LogP contribution in [0.2, 0.25) is 0 Å². The largest absolute Gasteiger partial charge is 0.496 e. The van der Waals surface area contributed by atoms with Crippen LogP contribution in [0.15, 0.2) is 12.1 Å². The average Bonchev–Trinajstić information content (AvgIpc) is 2.55. The fourth-order valence-corrected chi connectivity index (χ4v) is 2.09. The van der Waals surface area contributed by atoms with Gasteiger partial charge in [-0.2, -0.15) is 0 Å². The first kappa shape index (κ1) is 10.0. The van der Waals surface area contributed by atoms with Gasteiger partial charge in [0.1, 0.15) is 11.5 Å². The topological polar surface area (TPSA) is 35.5 Å². The van der Waals surface area contributed by atoms with Crippen molar-refractivity contribution in [2.24, 2.45) is 5.92 Å². The molecule has 15 heavy (non-hydrogen) atoms. The van der Waals surface area contributed by atoms with Gasteiger partial charge in [-0.1, -0.05) is 6.92 Å².